The van der Waals surface area contributed by atoms with Crippen molar-refractivity contribution in [2.24, 2.45) is 0 Å². The van der Waals surface area contributed by atoms with E-state index in [0.717, 1.165) is 42.0 Å². The van der Waals surface area contributed by atoms with E-state index in [9.17, 15) is 18.0 Å². The maximum absolute atomic E-state index is 12.6. The zero-order valence-electron chi connectivity index (χ0n) is 16.2. The van der Waals surface area contributed by atoms with Gasteiger partial charge in [-0.2, -0.15) is 13.2 Å². The molecule has 0 radical (unpaired) electrons. The first-order valence-corrected chi connectivity index (χ1v) is 9.74. The van der Waals surface area contributed by atoms with Crippen molar-refractivity contribution in [1.82, 2.24) is 19.5 Å². The molecule has 0 aliphatic heterocycles. The number of hydrogen-bond acceptors (Lipinski definition) is 4. The molecular weight excluding hydrogens is 409 g/mol. The van der Waals surface area contributed by atoms with Gasteiger partial charge in [-0.15, -0.1) is 0 Å². The second kappa shape index (κ2) is 7.26. The number of pyridine rings is 2. The Kier molecular flexibility index (Phi) is 4.53. The Morgan fingerprint density at radius 1 is 1.13 bits per heavy atom. The normalized spacial score (nSPS) is 14.2. The molecular formula is C22H17F3N4O2. The van der Waals surface area contributed by atoms with Gasteiger partial charge in [0.25, 0.3) is 5.56 Å². The monoisotopic (exact) mass is 426 g/mol. The van der Waals surface area contributed by atoms with Crippen LogP contribution in [-0.2, 0) is 12.8 Å². The molecule has 3 aromatic heterocycles. The summed E-state index contributed by atoms with van der Waals surface area (Å²) in [5.74, 6) is 1.69. The summed E-state index contributed by atoms with van der Waals surface area (Å²) in [6.07, 6.45) is 0.461. The molecule has 0 atom stereocenters. The maximum Gasteiger partial charge on any atom is 0.433 e. The van der Waals surface area contributed by atoms with E-state index in [1.807, 2.05) is 18.2 Å². The Hall–Kier alpha value is -3.62. The number of fused-ring (bicyclic) bond motifs is 1. The zero-order valence-corrected chi connectivity index (χ0v) is 16.2. The number of alkyl halides is 3. The number of H-pyrrole nitrogens is 1. The van der Waals surface area contributed by atoms with E-state index in [1.165, 1.54) is 16.7 Å². The highest BCUT2D eigenvalue weighted by Gasteiger charge is 2.32. The van der Waals surface area contributed by atoms with Gasteiger partial charge in [0.1, 0.15) is 23.9 Å². The summed E-state index contributed by atoms with van der Waals surface area (Å²) in [5.41, 5.74) is 1.83. The van der Waals surface area contributed by atoms with Crippen LogP contribution in [-0.4, -0.2) is 19.5 Å². The standard InChI is InChI=1S/C22H17F3N4O2/c23-22(24,25)19-6-4-16(11-26-19)31-12-13-7-8-29(20(30)9-13)15-3-5-17-18(10-15)28-21(27-17)14-1-2-14/h3-11,14H,1-2,12H2,(H,27,28). The molecule has 5 rings (SSSR count). The van der Waals surface area contributed by atoms with E-state index in [0.29, 0.717) is 17.2 Å². The summed E-state index contributed by atoms with van der Waals surface area (Å²) in [6.45, 7) is 0.0352. The van der Waals surface area contributed by atoms with Gasteiger partial charge in [0.2, 0.25) is 0 Å². The third kappa shape index (κ3) is 4.03. The van der Waals surface area contributed by atoms with Gasteiger partial charge in [0.15, 0.2) is 0 Å². The molecule has 3 heterocycles. The van der Waals surface area contributed by atoms with Crippen LogP contribution in [0.5, 0.6) is 5.75 Å². The summed E-state index contributed by atoms with van der Waals surface area (Å²) < 4.78 is 44.7. The minimum Gasteiger partial charge on any atom is -0.487 e. The van der Waals surface area contributed by atoms with Crippen molar-refractivity contribution in [2.75, 3.05) is 0 Å². The lowest BCUT2D eigenvalue weighted by molar-refractivity contribution is -0.141. The number of imidazole rings is 1. The smallest absolute Gasteiger partial charge is 0.433 e. The van der Waals surface area contributed by atoms with Crippen LogP contribution >= 0.6 is 0 Å². The van der Waals surface area contributed by atoms with Crippen molar-refractivity contribution in [3.8, 4) is 11.4 Å². The van der Waals surface area contributed by atoms with Gasteiger partial charge in [-0.1, -0.05) is 0 Å². The molecule has 1 N–H and O–H groups in total. The predicted octanol–water partition coefficient (Wildman–Crippen LogP) is 4.58. The van der Waals surface area contributed by atoms with Crippen LogP contribution in [0.1, 0.15) is 35.8 Å². The van der Waals surface area contributed by atoms with E-state index < -0.39 is 11.9 Å². The van der Waals surface area contributed by atoms with Gasteiger partial charge in [-0.25, -0.2) is 9.97 Å². The van der Waals surface area contributed by atoms with Gasteiger partial charge < -0.3 is 9.72 Å². The number of benzene rings is 1. The molecule has 1 aromatic carbocycles. The van der Waals surface area contributed by atoms with Gasteiger partial charge >= 0.3 is 6.18 Å². The maximum atomic E-state index is 12.6. The van der Waals surface area contributed by atoms with Crippen molar-refractivity contribution < 1.29 is 17.9 Å². The molecule has 4 aromatic rings. The van der Waals surface area contributed by atoms with Crippen molar-refractivity contribution >= 4 is 11.0 Å². The van der Waals surface area contributed by atoms with Crippen LogP contribution in [0.4, 0.5) is 13.2 Å². The predicted molar refractivity (Wildman–Crippen MR) is 107 cm³/mol. The van der Waals surface area contributed by atoms with E-state index in [1.54, 1.807) is 12.3 Å². The SMILES string of the molecule is O=c1cc(COc2ccc(C(F)(F)F)nc2)ccn1-c1ccc2nc(C3CC3)[nH]c2c1. The topological polar surface area (TPSA) is 72.8 Å². The van der Waals surface area contributed by atoms with Gasteiger partial charge in [-0.05, 0) is 54.8 Å². The molecule has 0 bridgehead atoms. The molecule has 1 saturated carbocycles. The Balaban J connectivity index is 1.31. The minimum atomic E-state index is -4.50. The summed E-state index contributed by atoms with van der Waals surface area (Å²) in [7, 11) is 0. The fourth-order valence-corrected chi connectivity index (χ4v) is 3.34. The first kappa shape index (κ1) is 19.3. The fraction of sp³-hybridized carbons (Fsp3) is 0.227. The van der Waals surface area contributed by atoms with Crippen molar-refractivity contribution in [3.05, 3.63) is 82.3 Å². The zero-order chi connectivity index (χ0) is 21.6. The number of ether oxygens (including phenoxy) is 1. The number of aromatic nitrogens is 4. The quantitative estimate of drug-likeness (QED) is 0.507. The van der Waals surface area contributed by atoms with E-state index in [2.05, 4.69) is 15.0 Å². The average molecular weight is 426 g/mol. The summed E-state index contributed by atoms with van der Waals surface area (Å²) >= 11 is 0. The third-order valence-electron chi connectivity index (χ3n) is 5.14. The van der Waals surface area contributed by atoms with Crippen LogP contribution < -0.4 is 10.3 Å². The summed E-state index contributed by atoms with van der Waals surface area (Å²) in [5, 5.41) is 0. The van der Waals surface area contributed by atoms with Gasteiger partial charge in [0, 0.05) is 18.2 Å². The van der Waals surface area contributed by atoms with E-state index in [-0.39, 0.29) is 17.9 Å². The number of halogens is 3. The van der Waals surface area contributed by atoms with Crippen LogP contribution in [0.25, 0.3) is 16.7 Å². The molecule has 1 aliphatic rings. The minimum absolute atomic E-state index is 0.0352. The summed E-state index contributed by atoms with van der Waals surface area (Å²) in [6, 6.07) is 10.8. The lowest BCUT2D eigenvalue weighted by atomic mass is 10.2. The Morgan fingerprint density at radius 2 is 1.97 bits per heavy atom. The van der Waals surface area contributed by atoms with Crippen molar-refractivity contribution in [1.29, 1.82) is 0 Å². The molecule has 6 nitrogen and oxygen atoms in total. The highest BCUT2D eigenvalue weighted by Crippen LogP contribution is 2.39. The lowest BCUT2D eigenvalue weighted by Gasteiger charge is -2.10. The Bertz CT molecular complexity index is 1310. The first-order valence-electron chi connectivity index (χ1n) is 9.74. The molecule has 0 unspecified atom stereocenters. The second-order valence-corrected chi connectivity index (χ2v) is 7.51. The van der Waals surface area contributed by atoms with Gasteiger partial charge in [-0.3, -0.25) is 9.36 Å². The molecule has 1 aliphatic carbocycles. The highest BCUT2D eigenvalue weighted by molar-refractivity contribution is 5.77. The van der Waals surface area contributed by atoms with Gasteiger partial charge in [0.05, 0.1) is 22.9 Å². The molecule has 1 fully saturated rings. The Labute approximate surface area is 174 Å². The number of aromatic amines is 1. The largest absolute Gasteiger partial charge is 0.487 e. The van der Waals surface area contributed by atoms with Crippen molar-refractivity contribution in [2.45, 2.75) is 31.5 Å². The number of nitrogens with zero attached hydrogens (tertiary/aromatic N) is 3. The van der Waals surface area contributed by atoms with E-state index in [4.69, 9.17) is 4.74 Å². The molecule has 0 spiro atoms. The molecule has 31 heavy (non-hydrogen) atoms. The molecule has 9 heteroatoms. The average Bonchev–Trinajstić information content (AvgIpc) is 3.51. The van der Waals surface area contributed by atoms with Crippen LogP contribution in [0.3, 0.4) is 0 Å². The summed E-state index contributed by atoms with van der Waals surface area (Å²) in [4.78, 5) is 23.9. The Morgan fingerprint density at radius 3 is 2.65 bits per heavy atom. The number of nitrogens with one attached hydrogen (secondary N) is 1. The lowest BCUT2D eigenvalue weighted by Crippen LogP contribution is -2.17. The molecule has 158 valence electrons. The second-order valence-electron chi connectivity index (χ2n) is 7.51. The molecule has 0 saturated heterocycles. The van der Waals surface area contributed by atoms with Crippen molar-refractivity contribution in [3.63, 3.8) is 0 Å². The van der Waals surface area contributed by atoms with E-state index >= 15 is 0 Å². The number of hydrogen-bond donors (Lipinski definition) is 1. The number of rotatable bonds is 5. The van der Waals surface area contributed by atoms with Crippen LogP contribution in [0, 0.1) is 0 Å². The highest BCUT2D eigenvalue weighted by atomic mass is 19.4. The third-order valence-corrected chi connectivity index (χ3v) is 5.14. The van der Waals surface area contributed by atoms with Crippen LogP contribution in [0.2, 0.25) is 0 Å². The van der Waals surface area contributed by atoms with Crippen LogP contribution in [0.15, 0.2) is 59.7 Å². The molecule has 0 amide bonds. The first-order chi connectivity index (χ1) is 14.9. The fourth-order valence-electron chi connectivity index (χ4n) is 3.34.